The second-order valence-corrected chi connectivity index (χ2v) is 8.47. The first kappa shape index (κ1) is 26.2. The van der Waals surface area contributed by atoms with Gasteiger partial charge in [0.25, 0.3) is 10.0 Å². The van der Waals surface area contributed by atoms with E-state index in [0.29, 0.717) is 16.3 Å². The minimum Gasteiger partial charge on any atom is -0.505 e. The molecule has 0 spiro atoms. The standard InChI is InChI=1S/C16H18N2O3S2.C2H6.CH3.Y/c1-4-7-12-17-16-14(22-12)13(19)15(23(20,21)18(16)3)11-9-6-5-8-10(11)2;1-2;;/h5-6,8-9,19H,4,7H2,1-3H3;1-2H3;1H3;/q;;-1;. The summed E-state index contributed by atoms with van der Waals surface area (Å²) in [5, 5.41) is 11.5. The largest absolute Gasteiger partial charge is 0.505 e. The van der Waals surface area contributed by atoms with Gasteiger partial charge < -0.3 is 12.5 Å². The summed E-state index contributed by atoms with van der Waals surface area (Å²) in [5.41, 5.74) is 1.32. The molecule has 0 amide bonds. The normalized spacial score (nSPS) is 14.3. The minimum atomic E-state index is -3.83. The van der Waals surface area contributed by atoms with Gasteiger partial charge in [-0.2, -0.15) is 0 Å². The molecule has 2 heterocycles. The predicted octanol–water partition coefficient (Wildman–Crippen LogP) is 5.04. The molecule has 0 saturated heterocycles. The average Bonchev–Trinajstić information content (AvgIpc) is 3.01. The molecule has 147 valence electrons. The number of nitrogens with zero attached hydrogens (tertiary/aromatic N) is 2. The molecule has 1 aliphatic rings. The maximum Gasteiger partial charge on any atom is 0.269 e. The Labute approximate surface area is 192 Å². The number of anilines is 1. The van der Waals surface area contributed by atoms with Crippen LogP contribution in [0.15, 0.2) is 24.3 Å². The van der Waals surface area contributed by atoms with E-state index in [1.807, 2.05) is 39.8 Å². The van der Waals surface area contributed by atoms with Gasteiger partial charge in [0.1, 0.15) is 9.78 Å². The fourth-order valence-corrected chi connectivity index (χ4v) is 5.37. The Bertz CT molecular complexity index is 905. The molecule has 0 unspecified atom stereocenters. The Kier molecular flexibility index (Phi) is 10.4. The van der Waals surface area contributed by atoms with Gasteiger partial charge in [-0.05, 0) is 25.3 Å². The van der Waals surface area contributed by atoms with Crippen molar-refractivity contribution in [1.82, 2.24) is 4.98 Å². The third-order valence-electron chi connectivity index (χ3n) is 3.85. The van der Waals surface area contributed by atoms with Crippen LogP contribution >= 0.6 is 11.3 Å². The summed E-state index contributed by atoms with van der Waals surface area (Å²) in [6.45, 7) is 7.87. The van der Waals surface area contributed by atoms with E-state index >= 15 is 0 Å². The van der Waals surface area contributed by atoms with Crippen LogP contribution in [-0.2, 0) is 49.2 Å². The van der Waals surface area contributed by atoms with Crippen molar-refractivity contribution in [1.29, 1.82) is 0 Å². The molecular weight excluding hydrogens is 457 g/mol. The average molecular weight is 484 g/mol. The predicted molar refractivity (Wildman–Crippen MR) is 112 cm³/mol. The smallest absolute Gasteiger partial charge is 0.269 e. The van der Waals surface area contributed by atoms with Gasteiger partial charge in [-0.1, -0.05) is 45.0 Å². The number of aryl methyl sites for hydroxylation is 2. The van der Waals surface area contributed by atoms with E-state index in [4.69, 9.17) is 0 Å². The number of hydrogen-bond donors (Lipinski definition) is 1. The van der Waals surface area contributed by atoms with Crippen LogP contribution in [0, 0.1) is 14.4 Å². The Balaban J connectivity index is 0.00000164. The van der Waals surface area contributed by atoms with E-state index < -0.39 is 10.0 Å². The molecule has 0 atom stereocenters. The fraction of sp³-hybridized carbons (Fsp3) is 0.368. The number of rotatable bonds is 3. The van der Waals surface area contributed by atoms with Crippen molar-refractivity contribution in [3.8, 4) is 0 Å². The molecule has 0 bridgehead atoms. The van der Waals surface area contributed by atoms with Crippen LogP contribution in [0.2, 0.25) is 0 Å². The van der Waals surface area contributed by atoms with Crippen LogP contribution in [-0.4, -0.2) is 25.6 Å². The quantitative estimate of drug-likeness (QED) is 0.620. The zero-order valence-electron chi connectivity index (χ0n) is 16.8. The summed E-state index contributed by atoms with van der Waals surface area (Å²) in [7, 11) is -2.35. The number of aromatic nitrogens is 1. The van der Waals surface area contributed by atoms with Gasteiger partial charge >= 0.3 is 0 Å². The third kappa shape index (κ3) is 4.81. The van der Waals surface area contributed by atoms with E-state index in [1.54, 1.807) is 12.1 Å². The van der Waals surface area contributed by atoms with Gasteiger partial charge in [-0.25, -0.2) is 13.4 Å². The first-order chi connectivity index (χ1) is 11.9. The van der Waals surface area contributed by atoms with Crippen molar-refractivity contribution < 1.29 is 46.2 Å². The molecule has 0 fully saturated rings. The maximum absolute atomic E-state index is 12.9. The number of aliphatic hydroxyl groups is 1. The Hall–Kier alpha value is -0.756. The second kappa shape index (κ2) is 10.7. The van der Waals surface area contributed by atoms with Crippen molar-refractivity contribution in [3.05, 3.63) is 52.7 Å². The zero-order chi connectivity index (χ0) is 18.8. The summed E-state index contributed by atoms with van der Waals surface area (Å²) in [4.78, 5) is 4.86. The Morgan fingerprint density at radius 2 is 1.81 bits per heavy atom. The third-order valence-corrected chi connectivity index (χ3v) is 6.79. The van der Waals surface area contributed by atoms with E-state index in [0.717, 1.165) is 23.4 Å². The van der Waals surface area contributed by atoms with Crippen molar-refractivity contribution in [2.45, 2.75) is 40.5 Å². The van der Waals surface area contributed by atoms with E-state index in [-0.39, 0.29) is 50.8 Å². The molecule has 1 radical (unpaired) electrons. The van der Waals surface area contributed by atoms with Gasteiger partial charge in [0.15, 0.2) is 11.6 Å². The molecule has 1 aliphatic heterocycles. The Morgan fingerprint density at radius 1 is 1.22 bits per heavy atom. The van der Waals surface area contributed by atoms with Gasteiger partial charge in [0.2, 0.25) is 0 Å². The summed E-state index contributed by atoms with van der Waals surface area (Å²) in [6, 6.07) is 7.15. The Morgan fingerprint density at radius 3 is 2.37 bits per heavy atom. The SMILES string of the molecule is CC.CCCc1nc2c(s1)C(O)=C(c1ccccc1C)S(=O)(=O)N2C.[CH3-].[Y]. The van der Waals surface area contributed by atoms with Gasteiger partial charge in [-0.3, -0.25) is 4.31 Å². The topological polar surface area (TPSA) is 70.5 Å². The summed E-state index contributed by atoms with van der Waals surface area (Å²) in [5.74, 6) is 0.112. The molecule has 8 heteroatoms. The number of benzene rings is 1. The van der Waals surface area contributed by atoms with Gasteiger partial charge in [0, 0.05) is 45.3 Å². The number of hydrogen-bond acceptors (Lipinski definition) is 5. The van der Waals surface area contributed by atoms with Crippen molar-refractivity contribution in [2.24, 2.45) is 0 Å². The molecule has 1 aromatic carbocycles. The second-order valence-electron chi connectivity index (χ2n) is 5.48. The number of aliphatic hydroxyl groups excluding tert-OH is 1. The zero-order valence-corrected chi connectivity index (χ0v) is 21.2. The molecule has 1 N–H and O–H groups in total. The van der Waals surface area contributed by atoms with Crippen molar-refractivity contribution in [2.75, 3.05) is 11.4 Å². The van der Waals surface area contributed by atoms with Crippen molar-refractivity contribution in [3.63, 3.8) is 0 Å². The molecule has 0 saturated carbocycles. The first-order valence-electron chi connectivity index (χ1n) is 8.36. The van der Waals surface area contributed by atoms with Gasteiger partial charge in [0.05, 0.1) is 5.01 Å². The van der Waals surface area contributed by atoms with Crippen LogP contribution in [0.5, 0.6) is 0 Å². The summed E-state index contributed by atoms with van der Waals surface area (Å²) in [6.07, 6.45) is 1.68. The molecule has 0 aliphatic carbocycles. The molecule has 1 aromatic heterocycles. The first-order valence-corrected chi connectivity index (χ1v) is 10.6. The number of thiazole rings is 1. The van der Waals surface area contributed by atoms with E-state index in [9.17, 15) is 13.5 Å². The maximum atomic E-state index is 12.9. The van der Waals surface area contributed by atoms with E-state index in [2.05, 4.69) is 4.98 Å². The van der Waals surface area contributed by atoms with Crippen molar-refractivity contribution >= 4 is 37.8 Å². The molecule has 3 rings (SSSR count). The van der Waals surface area contributed by atoms with Crippen LogP contribution in [0.3, 0.4) is 0 Å². The monoisotopic (exact) mass is 484 g/mol. The molecular formula is C19H27N2O3S2Y-. The van der Waals surface area contributed by atoms with Crippen LogP contribution in [0.4, 0.5) is 5.82 Å². The van der Waals surface area contributed by atoms with Crippen LogP contribution < -0.4 is 4.31 Å². The molecule has 2 aromatic rings. The summed E-state index contributed by atoms with van der Waals surface area (Å²) < 4.78 is 26.9. The molecule has 27 heavy (non-hydrogen) atoms. The minimum absolute atomic E-state index is 0. The summed E-state index contributed by atoms with van der Waals surface area (Å²) >= 11 is 1.35. The van der Waals surface area contributed by atoms with Crippen LogP contribution in [0.1, 0.15) is 48.2 Å². The molecule has 5 nitrogen and oxygen atoms in total. The van der Waals surface area contributed by atoms with Crippen LogP contribution in [0.25, 0.3) is 10.7 Å². The van der Waals surface area contributed by atoms with Gasteiger partial charge in [-0.15, -0.1) is 11.3 Å². The fourth-order valence-electron chi connectivity index (χ4n) is 2.61. The van der Waals surface area contributed by atoms with E-state index in [1.165, 1.54) is 22.7 Å². The number of fused-ring (bicyclic) bond motifs is 1. The number of sulfonamides is 1.